The normalized spacial score (nSPS) is 12.4. The van der Waals surface area contributed by atoms with E-state index in [2.05, 4.69) is 11.4 Å². The zero-order chi connectivity index (χ0) is 21.6. The van der Waals surface area contributed by atoms with Crippen LogP contribution in [-0.2, 0) is 14.8 Å². The van der Waals surface area contributed by atoms with E-state index >= 15 is 0 Å². The first-order chi connectivity index (χ1) is 13.6. The van der Waals surface area contributed by atoms with Crippen molar-refractivity contribution in [3.05, 3.63) is 65.0 Å². The van der Waals surface area contributed by atoms with Crippen molar-refractivity contribution in [2.24, 2.45) is 0 Å². The number of carbonyl (C=O) groups excluding carboxylic acids is 1. The van der Waals surface area contributed by atoms with E-state index in [-0.39, 0.29) is 37.0 Å². The Bertz CT molecular complexity index is 960. The van der Waals surface area contributed by atoms with E-state index in [0.29, 0.717) is 0 Å². The molecule has 1 atom stereocenters. The predicted octanol–water partition coefficient (Wildman–Crippen LogP) is 4.26. The van der Waals surface area contributed by atoms with Crippen LogP contribution in [0.3, 0.4) is 0 Å². The Hall–Kier alpha value is -2.41. The van der Waals surface area contributed by atoms with E-state index in [9.17, 15) is 17.6 Å². The van der Waals surface area contributed by atoms with E-state index < -0.39 is 15.8 Å². The van der Waals surface area contributed by atoms with E-state index in [1.807, 2.05) is 32.9 Å². The summed E-state index contributed by atoms with van der Waals surface area (Å²) in [6.07, 6.45) is 2.23. The fourth-order valence-corrected chi connectivity index (χ4v) is 4.14. The number of benzene rings is 2. The molecule has 0 saturated carbocycles. The first-order valence-electron chi connectivity index (χ1n) is 9.72. The second-order valence-corrected chi connectivity index (χ2v) is 9.17. The van der Waals surface area contributed by atoms with Gasteiger partial charge in [0.2, 0.25) is 15.9 Å². The molecule has 2 aromatic carbocycles. The summed E-state index contributed by atoms with van der Waals surface area (Å²) in [5.74, 6) is -0.764. The number of sulfonamides is 1. The van der Waals surface area contributed by atoms with Gasteiger partial charge in [0, 0.05) is 13.0 Å². The lowest BCUT2D eigenvalue weighted by Gasteiger charge is -2.23. The average molecular weight is 421 g/mol. The Morgan fingerprint density at radius 3 is 2.41 bits per heavy atom. The van der Waals surface area contributed by atoms with Gasteiger partial charge in [0.15, 0.2) is 0 Å². The third kappa shape index (κ3) is 6.29. The van der Waals surface area contributed by atoms with Gasteiger partial charge in [-0.3, -0.25) is 9.10 Å². The molecule has 0 heterocycles. The predicted molar refractivity (Wildman–Crippen MR) is 115 cm³/mol. The summed E-state index contributed by atoms with van der Waals surface area (Å²) in [4.78, 5) is 12.4. The number of para-hydroxylation sites is 1. The van der Waals surface area contributed by atoms with Crippen LogP contribution in [0, 0.1) is 19.7 Å². The Morgan fingerprint density at radius 1 is 1.14 bits per heavy atom. The summed E-state index contributed by atoms with van der Waals surface area (Å²) < 4.78 is 39.2. The molecule has 0 aliphatic rings. The summed E-state index contributed by atoms with van der Waals surface area (Å²) in [6, 6.07) is 11.8. The number of aryl methyl sites for hydroxylation is 2. The molecular weight excluding hydrogens is 391 g/mol. The van der Waals surface area contributed by atoms with Gasteiger partial charge in [-0.25, -0.2) is 12.8 Å². The Morgan fingerprint density at radius 2 is 1.83 bits per heavy atom. The molecule has 0 aromatic heterocycles. The van der Waals surface area contributed by atoms with E-state index in [1.165, 1.54) is 29.3 Å². The highest BCUT2D eigenvalue weighted by Gasteiger charge is 2.21. The van der Waals surface area contributed by atoms with Crippen LogP contribution in [0.1, 0.15) is 48.9 Å². The number of halogens is 1. The fraction of sp³-hybridized carbons (Fsp3) is 0.409. The molecule has 158 valence electrons. The highest BCUT2D eigenvalue weighted by molar-refractivity contribution is 7.92. The van der Waals surface area contributed by atoms with Crippen LogP contribution in [0.15, 0.2) is 42.5 Å². The van der Waals surface area contributed by atoms with E-state index in [4.69, 9.17) is 0 Å². The van der Waals surface area contributed by atoms with Gasteiger partial charge in [-0.1, -0.05) is 37.3 Å². The number of carbonyl (C=O) groups is 1. The number of anilines is 1. The zero-order valence-electron chi connectivity index (χ0n) is 17.4. The summed E-state index contributed by atoms with van der Waals surface area (Å²) in [5.41, 5.74) is 3.41. The molecule has 7 heteroatoms. The molecule has 0 aliphatic heterocycles. The molecule has 0 saturated heterocycles. The third-order valence-corrected chi connectivity index (χ3v) is 6.14. The average Bonchev–Trinajstić information content (AvgIpc) is 2.65. The third-order valence-electron chi connectivity index (χ3n) is 4.96. The Labute approximate surface area is 173 Å². The largest absolute Gasteiger partial charge is 0.349 e. The van der Waals surface area contributed by atoms with Crippen molar-refractivity contribution in [3.63, 3.8) is 0 Å². The topological polar surface area (TPSA) is 66.5 Å². The number of hydrogen-bond donors (Lipinski definition) is 1. The number of nitrogens with zero attached hydrogens (tertiary/aromatic N) is 1. The lowest BCUT2D eigenvalue weighted by Crippen LogP contribution is -2.33. The van der Waals surface area contributed by atoms with Gasteiger partial charge < -0.3 is 5.32 Å². The van der Waals surface area contributed by atoms with Crippen molar-refractivity contribution in [3.8, 4) is 0 Å². The minimum atomic E-state index is -3.66. The minimum absolute atomic E-state index is 0.00280. The lowest BCUT2D eigenvalue weighted by molar-refractivity contribution is -0.121. The van der Waals surface area contributed by atoms with E-state index in [0.717, 1.165) is 22.5 Å². The van der Waals surface area contributed by atoms with Gasteiger partial charge in [0.25, 0.3) is 0 Å². The minimum Gasteiger partial charge on any atom is -0.349 e. The van der Waals surface area contributed by atoms with Crippen LogP contribution in [0.4, 0.5) is 10.1 Å². The number of rotatable bonds is 9. The molecule has 1 N–H and O–H groups in total. The molecule has 0 aliphatic carbocycles. The maximum Gasteiger partial charge on any atom is 0.232 e. The van der Waals surface area contributed by atoms with Crippen molar-refractivity contribution < 1.29 is 17.6 Å². The summed E-state index contributed by atoms with van der Waals surface area (Å²) >= 11 is 0. The van der Waals surface area contributed by atoms with Crippen LogP contribution >= 0.6 is 0 Å². The summed E-state index contributed by atoms with van der Waals surface area (Å²) in [5, 5.41) is 3.01. The van der Waals surface area contributed by atoms with Gasteiger partial charge in [0.1, 0.15) is 5.82 Å². The Kier molecular flexibility index (Phi) is 7.79. The quantitative estimate of drug-likeness (QED) is 0.659. The number of hydrogen-bond acceptors (Lipinski definition) is 3. The summed E-state index contributed by atoms with van der Waals surface area (Å²) in [7, 11) is -3.66. The van der Waals surface area contributed by atoms with Crippen molar-refractivity contribution in [1.29, 1.82) is 0 Å². The zero-order valence-corrected chi connectivity index (χ0v) is 18.2. The van der Waals surface area contributed by atoms with Gasteiger partial charge >= 0.3 is 0 Å². The SMILES string of the molecule is CCC(NC(=O)CCCN(c1ccccc1F)S(C)(=O)=O)c1ccc(C)c(C)c1. The van der Waals surface area contributed by atoms with Crippen LogP contribution in [0.5, 0.6) is 0 Å². The molecule has 29 heavy (non-hydrogen) atoms. The number of amides is 1. The smallest absolute Gasteiger partial charge is 0.232 e. The van der Waals surface area contributed by atoms with Gasteiger partial charge in [-0.15, -0.1) is 0 Å². The number of nitrogens with one attached hydrogen (secondary N) is 1. The standard InChI is InChI=1S/C22H29FN2O3S/c1-5-20(18-13-12-16(2)17(3)15-18)24-22(26)11-8-14-25(29(4,27)28)21-10-7-6-9-19(21)23/h6-7,9-10,12-13,15,20H,5,8,11,14H2,1-4H3,(H,24,26). The molecule has 5 nitrogen and oxygen atoms in total. The summed E-state index contributed by atoms with van der Waals surface area (Å²) in [6.45, 7) is 6.12. The fourth-order valence-electron chi connectivity index (χ4n) is 3.17. The first-order valence-corrected chi connectivity index (χ1v) is 11.6. The molecule has 0 bridgehead atoms. The molecule has 0 spiro atoms. The molecule has 2 aromatic rings. The van der Waals surface area contributed by atoms with Crippen LogP contribution < -0.4 is 9.62 Å². The van der Waals surface area contributed by atoms with Crippen molar-refractivity contribution in [1.82, 2.24) is 5.32 Å². The van der Waals surface area contributed by atoms with Gasteiger partial charge in [-0.05, 0) is 55.5 Å². The highest BCUT2D eigenvalue weighted by atomic mass is 32.2. The van der Waals surface area contributed by atoms with Crippen molar-refractivity contribution in [2.45, 2.75) is 46.1 Å². The van der Waals surface area contributed by atoms with E-state index in [1.54, 1.807) is 6.07 Å². The molecule has 1 unspecified atom stereocenters. The molecular formula is C22H29FN2O3S. The van der Waals surface area contributed by atoms with Crippen LogP contribution in [0.2, 0.25) is 0 Å². The Balaban J connectivity index is 1.99. The molecule has 0 radical (unpaired) electrons. The van der Waals surface area contributed by atoms with Gasteiger partial charge in [0.05, 0.1) is 18.0 Å². The molecule has 0 fully saturated rings. The van der Waals surface area contributed by atoms with Crippen molar-refractivity contribution in [2.75, 3.05) is 17.1 Å². The first kappa shape index (κ1) is 22.9. The lowest BCUT2D eigenvalue weighted by atomic mass is 9.99. The molecule has 2 rings (SSSR count). The molecule has 1 amide bonds. The maximum atomic E-state index is 14.0. The van der Waals surface area contributed by atoms with Gasteiger partial charge in [-0.2, -0.15) is 0 Å². The van der Waals surface area contributed by atoms with Crippen molar-refractivity contribution >= 4 is 21.6 Å². The maximum absolute atomic E-state index is 14.0. The second-order valence-electron chi connectivity index (χ2n) is 7.26. The monoisotopic (exact) mass is 420 g/mol. The second kappa shape index (κ2) is 9.87. The van der Waals surface area contributed by atoms with Crippen LogP contribution in [-0.4, -0.2) is 27.1 Å². The highest BCUT2D eigenvalue weighted by Crippen LogP contribution is 2.23. The van der Waals surface area contributed by atoms with Crippen LogP contribution in [0.25, 0.3) is 0 Å².